The van der Waals surface area contributed by atoms with E-state index in [-0.39, 0.29) is 0 Å². The van der Waals surface area contributed by atoms with Gasteiger partial charge in [0.15, 0.2) is 0 Å². The molecule has 0 aromatic heterocycles. The molecule has 3 nitrogen and oxygen atoms in total. The van der Waals surface area contributed by atoms with Crippen molar-refractivity contribution >= 4 is 0 Å². The van der Waals surface area contributed by atoms with E-state index >= 15 is 0 Å². The second-order valence-corrected chi connectivity index (χ2v) is 5.24. The highest BCUT2D eigenvalue weighted by Crippen LogP contribution is 2.34. The maximum Gasteiger partial charge on any atom is 0.0332 e. The molecule has 2 N–H and O–H groups in total. The minimum Gasteiger partial charge on any atom is -0.329 e. The molecule has 0 aromatic carbocycles. The average Bonchev–Trinajstić information content (AvgIpc) is 2.85. The van der Waals surface area contributed by atoms with Gasteiger partial charge >= 0.3 is 0 Å². The van der Waals surface area contributed by atoms with Crippen LogP contribution in [0.15, 0.2) is 0 Å². The van der Waals surface area contributed by atoms with Crippen LogP contribution in [0.2, 0.25) is 0 Å². The monoisotopic (exact) mass is 241 g/mol. The van der Waals surface area contributed by atoms with Crippen molar-refractivity contribution in [1.82, 2.24) is 9.80 Å². The summed E-state index contributed by atoms with van der Waals surface area (Å²) in [5, 5.41) is 0. The van der Waals surface area contributed by atoms with E-state index < -0.39 is 0 Å². The summed E-state index contributed by atoms with van der Waals surface area (Å²) in [5.74, 6) is 0. The van der Waals surface area contributed by atoms with Crippen LogP contribution >= 0.6 is 0 Å². The molecule has 17 heavy (non-hydrogen) atoms. The molecule has 102 valence electrons. The van der Waals surface area contributed by atoms with Crippen molar-refractivity contribution in [1.29, 1.82) is 0 Å². The van der Waals surface area contributed by atoms with E-state index in [4.69, 9.17) is 5.73 Å². The van der Waals surface area contributed by atoms with Crippen LogP contribution in [0.1, 0.15) is 46.5 Å². The Morgan fingerprint density at radius 1 is 0.941 bits per heavy atom. The molecule has 0 heterocycles. The van der Waals surface area contributed by atoms with Gasteiger partial charge in [0, 0.05) is 25.2 Å². The lowest BCUT2D eigenvalue weighted by atomic mass is 9.95. The second kappa shape index (κ2) is 7.34. The number of hydrogen-bond acceptors (Lipinski definition) is 3. The first-order valence-electron chi connectivity index (χ1n) is 7.39. The summed E-state index contributed by atoms with van der Waals surface area (Å²) in [6, 6.07) is 0. The number of hydrogen-bond donors (Lipinski definition) is 1. The van der Waals surface area contributed by atoms with E-state index in [0.29, 0.717) is 5.54 Å². The lowest BCUT2D eigenvalue weighted by Gasteiger charge is -2.41. The molecule has 3 heteroatoms. The van der Waals surface area contributed by atoms with Gasteiger partial charge in [-0.25, -0.2) is 0 Å². The Balaban J connectivity index is 2.51. The zero-order valence-electron chi connectivity index (χ0n) is 12.0. The first-order chi connectivity index (χ1) is 8.22. The molecule has 0 saturated heterocycles. The second-order valence-electron chi connectivity index (χ2n) is 5.24. The van der Waals surface area contributed by atoms with Crippen molar-refractivity contribution in [2.75, 3.05) is 39.3 Å². The molecule has 1 fully saturated rings. The van der Waals surface area contributed by atoms with Crippen molar-refractivity contribution in [3.63, 3.8) is 0 Å². The van der Waals surface area contributed by atoms with Gasteiger partial charge in [-0.1, -0.05) is 33.6 Å². The Morgan fingerprint density at radius 3 is 1.94 bits per heavy atom. The highest BCUT2D eigenvalue weighted by Gasteiger charge is 2.37. The molecule has 0 amide bonds. The first kappa shape index (κ1) is 14.9. The van der Waals surface area contributed by atoms with Crippen molar-refractivity contribution in [3.05, 3.63) is 0 Å². The molecule has 1 aliphatic carbocycles. The summed E-state index contributed by atoms with van der Waals surface area (Å²) in [4.78, 5) is 5.14. The maximum atomic E-state index is 6.06. The molecule has 0 aliphatic heterocycles. The third kappa shape index (κ3) is 3.67. The average molecular weight is 241 g/mol. The van der Waals surface area contributed by atoms with Gasteiger partial charge in [-0.15, -0.1) is 0 Å². The maximum absolute atomic E-state index is 6.06. The molecule has 0 spiro atoms. The third-order valence-electron chi connectivity index (χ3n) is 4.55. The van der Waals surface area contributed by atoms with Crippen LogP contribution in [-0.4, -0.2) is 54.6 Å². The van der Waals surface area contributed by atoms with Crippen molar-refractivity contribution in [3.8, 4) is 0 Å². The normalized spacial score (nSPS) is 19.4. The molecule has 1 aliphatic rings. The van der Waals surface area contributed by atoms with E-state index in [0.717, 1.165) is 26.2 Å². The fourth-order valence-corrected chi connectivity index (χ4v) is 3.22. The zero-order chi connectivity index (χ0) is 12.7. The fourth-order valence-electron chi connectivity index (χ4n) is 3.22. The Kier molecular flexibility index (Phi) is 6.45. The smallest absolute Gasteiger partial charge is 0.0332 e. The van der Waals surface area contributed by atoms with Crippen LogP contribution in [0.3, 0.4) is 0 Å². The standard InChI is InChI=1S/C14H31N3/c1-4-16(5-2)11-12-17(6-3)14(13-15)9-7-8-10-14/h4-13,15H2,1-3H3. The Morgan fingerprint density at radius 2 is 1.53 bits per heavy atom. The van der Waals surface area contributed by atoms with Crippen molar-refractivity contribution in [2.45, 2.75) is 52.0 Å². The van der Waals surface area contributed by atoms with Crippen LogP contribution in [0.5, 0.6) is 0 Å². The SMILES string of the molecule is CCN(CC)CCN(CC)C1(CN)CCCC1. The number of rotatable bonds is 8. The minimum atomic E-state index is 0.321. The van der Waals surface area contributed by atoms with Gasteiger partial charge in [0.2, 0.25) is 0 Å². The van der Waals surface area contributed by atoms with E-state index in [2.05, 4.69) is 30.6 Å². The Bertz CT molecular complexity index is 196. The molecular weight excluding hydrogens is 210 g/mol. The van der Waals surface area contributed by atoms with Gasteiger partial charge < -0.3 is 10.6 Å². The van der Waals surface area contributed by atoms with E-state index in [9.17, 15) is 0 Å². The Labute approximate surface area is 107 Å². The predicted molar refractivity (Wildman–Crippen MR) is 75.3 cm³/mol. The summed E-state index contributed by atoms with van der Waals surface area (Å²) in [5.41, 5.74) is 6.38. The zero-order valence-corrected chi connectivity index (χ0v) is 12.0. The largest absolute Gasteiger partial charge is 0.329 e. The van der Waals surface area contributed by atoms with Crippen LogP contribution in [0, 0.1) is 0 Å². The molecule has 0 atom stereocenters. The van der Waals surface area contributed by atoms with E-state index in [1.54, 1.807) is 0 Å². The topological polar surface area (TPSA) is 32.5 Å². The number of nitrogens with zero attached hydrogens (tertiary/aromatic N) is 2. The van der Waals surface area contributed by atoms with Crippen LogP contribution in [0.25, 0.3) is 0 Å². The first-order valence-corrected chi connectivity index (χ1v) is 7.39. The lowest BCUT2D eigenvalue weighted by Crippen LogP contribution is -2.54. The number of likely N-dealkylation sites (N-methyl/N-ethyl adjacent to an activating group) is 2. The van der Waals surface area contributed by atoms with Gasteiger partial charge in [-0.3, -0.25) is 4.90 Å². The molecule has 1 rings (SSSR count). The summed E-state index contributed by atoms with van der Waals surface area (Å²) < 4.78 is 0. The van der Waals surface area contributed by atoms with Gasteiger partial charge in [0.25, 0.3) is 0 Å². The third-order valence-corrected chi connectivity index (χ3v) is 4.55. The minimum absolute atomic E-state index is 0.321. The van der Waals surface area contributed by atoms with Crippen LogP contribution < -0.4 is 5.73 Å². The highest BCUT2D eigenvalue weighted by atomic mass is 15.2. The molecule has 0 bridgehead atoms. The quantitative estimate of drug-likeness (QED) is 0.705. The van der Waals surface area contributed by atoms with Gasteiger partial charge in [0.05, 0.1) is 0 Å². The van der Waals surface area contributed by atoms with Crippen molar-refractivity contribution in [2.24, 2.45) is 5.73 Å². The molecular formula is C14H31N3. The summed E-state index contributed by atoms with van der Waals surface area (Å²) in [7, 11) is 0. The molecule has 1 saturated carbocycles. The summed E-state index contributed by atoms with van der Waals surface area (Å²) >= 11 is 0. The van der Waals surface area contributed by atoms with Gasteiger partial charge in [0.1, 0.15) is 0 Å². The molecule has 0 aromatic rings. The van der Waals surface area contributed by atoms with E-state index in [1.165, 1.54) is 38.8 Å². The predicted octanol–water partition coefficient (Wildman–Crippen LogP) is 1.92. The molecule has 0 unspecified atom stereocenters. The van der Waals surface area contributed by atoms with Crippen LogP contribution in [-0.2, 0) is 0 Å². The van der Waals surface area contributed by atoms with Crippen LogP contribution in [0.4, 0.5) is 0 Å². The number of nitrogens with two attached hydrogens (primary N) is 1. The Hall–Kier alpha value is -0.120. The van der Waals surface area contributed by atoms with Crippen molar-refractivity contribution < 1.29 is 0 Å². The van der Waals surface area contributed by atoms with Gasteiger partial charge in [-0.2, -0.15) is 0 Å². The van der Waals surface area contributed by atoms with E-state index in [1.807, 2.05) is 0 Å². The summed E-state index contributed by atoms with van der Waals surface area (Å²) in [6.45, 7) is 13.4. The summed E-state index contributed by atoms with van der Waals surface area (Å²) in [6.07, 6.45) is 5.32. The lowest BCUT2D eigenvalue weighted by molar-refractivity contribution is 0.0910. The molecule has 0 radical (unpaired) electrons. The highest BCUT2D eigenvalue weighted by molar-refractivity contribution is 4.95. The van der Waals surface area contributed by atoms with Gasteiger partial charge in [-0.05, 0) is 32.5 Å². The fraction of sp³-hybridized carbons (Fsp3) is 1.00.